The Kier molecular flexibility index (Phi) is 7.00. The second-order valence-corrected chi connectivity index (χ2v) is 15.8. The van der Waals surface area contributed by atoms with Gasteiger partial charge in [0.15, 0.2) is 17.5 Å². The van der Waals surface area contributed by atoms with Crippen LogP contribution in [0.25, 0.3) is 93.6 Å². The Bertz CT molecular complexity index is 3090. The van der Waals surface area contributed by atoms with Gasteiger partial charge in [-0.3, -0.25) is 0 Å². The Morgan fingerprint density at radius 2 is 1.07 bits per heavy atom. The number of hydrogen-bond acceptors (Lipinski definition) is 5. The first kappa shape index (κ1) is 31.7. The standard InChI is InChI=1S/C49H33N5S/c1-49(2)39-16-8-6-14-35(39)38-28-32(23-27-40(38)49)47-52-45(30-12-4-3-5-13-30)51-46(53-47)31-20-24-34(25-21-31)54-42-18-10-7-15-36(42)37-26-22-33(29-43(37)54)48-50-41-17-9-11-19-44(41)55-48/h3-29H,1-2H3. The molecule has 0 radical (unpaired) electrons. The van der Waals surface area contributed by atoms with E-state index in [-0.39, 0.29) is 5.41 Å². The van der Waals surface area contributed by atoms with Crippen LogP contribution in [0.2, 0.25) is 0 Å². The Morgan fingerprint density at radius 3 is 1.89 bits per heavy atom. The molecule has 0 unspecified atom stereocenters. The summed E-state index contributed by atoms with van der Waals surface area (Å²) in [6.07, 6.45) is 0. The van der Waals surface area contributed by atoms with E-state index in [1.807, 2.05) is 24.3 Å². The van der Waals surface area contributed by atoms with E-state index >= 15 is 0 Å². The predicted molar refractivity (Wildman–Crippen MR) is 227 cm³/mol. The molecule has 0 fully saturated rings. The molecule has 0 N–H and O–H groups in total. The molecule has 7 aromatic carbocycles. The Labute approximate surface area is 322 Å². The average molecular weight is 724 g/mol. The summed E-state index contributed by atoms with van der Waals surface area (Å²) >= 11 is 1.73. The lowest BCUT2D eigenvalue weighted by Gasteiger charge is -2.21. The third-order valence-corrected chi connectivity index (χ3v) is 12.2. The fourth-order valence-electron chi connectivity index (χ4n) is 8.35. The first-order valence-corrected chi connectivity index (χ1v) is 19.4. The van der Waals surface area contributed by atoms with Crippen LogP contribution in [0.5, 0.6) is 0 Å². The van der Waals surface area contributed by atoms with Crippen molar-refractivity contribution in [1.29, 1.82) is 0 Å². The lowest BCUT2D eigenvalue weighted by atomic mass is 9.82. The van der Waals surface area contributed by atoms with Gasteiger partial charge in [0.05, 0.1) is 21.3 Å². The molecule has 3 heterocycles. The zero-order valence-corrected chi connectivity index (χ0v) is 31.0. The van der Waals surface area contributed by atoms with Crippen molar-refractivity contribution in [1.82, 2.24) is 24.5 Å². The third-order valence-electron chi connectivity index (χ3n) is 11.1. The predicted octanol–water partition coefficient (Wildman–Crippen LogP) is 12.6. The smallest absolute Gasteiger partial charge is 0.164 e. The van der Waals surface area contributed by atoms with Gasteiger partial charge in [0.2, 0.25) is 0 Å². The summed E-state index contributed by atoms with van der Waals surface area (Å²) in [6, 6.07) is 57.8. The van der Waals surface area contributed by atoms with E-state index in [0.29, 0.717) is 17.5 Å². The molecule has 0 spiro atoms. The molecular weight excluding hydrogens is 691 g/mol. The molecule has 1 aliphatic rings. The minimum atomic E-state index is -0.0703. The zero-order valence-electron chi connectivity index (χ0n) is 30.2. The van der Waals surface area contributed by atoms with Crippen molar-refractivity contribution >= 4 is 43.4 Å². The van der Waals surface area contributed by atoms with Gasteiger partial charge in [-0.2, -0.15) is 0 Å². The topological polar surface area (TPSA) is 56.5 Å². The molecular formula is C49H33N5S. The molecule has 0 saturated heterocycles. The number of rotatable bonds is 5. The van der Waals surface area contributed by atoms with Gasteiger partial charge >= 0.3 is 0 Å². The van der Waals surface area contributed by atoms with E-state index in [4.69, 9.17) is 19.9 Å². The highest BCUT2D eigenvalue weighted by Crippen LogP contribution is 2.49. The number of aromatic nitrogens is 5. The summed E-state index contributed by atoms with van der Waals surface area (Å²) < 4.78 is 3.54. The van der Waals surface area contributed by atoms with Gasteiger partial charge < -0.3 is 4.57 Å². The largest absolute Gasteiger partial charge is 0.309 e. The van der Waals surface area contributed by atoms with Crippen LogP contribution in [0.4, 0.5) is 0 Å². The Morgan fingerprint density at radius 1 is 0.455 bits per heavy atom. The molecule has 1 aliphatic carbocycles. The van der Waals surface area contributed by atoms with Crippen LogP contribution in [0, 0.1) is 0 Å². The van der Waals surface area contributed by atoms with E-state index in [0.717, 1.165) is 49.5 Å². The van der Waals surface area contributed by atoms with Gasteiger partial charge in [0.25, 0.3) is 0 Å². The third kappa shape index (κ3) is 5.06. The summed E-state index contributed by atoms with van der Waals surface area (Å²) in [5.41, 5.74) is 13.5. The molecule has 0 amide bonds. The molecule has 10 aromatic rings. The molecule has 0 bridgehead atoms. The van der Waals surface area contributed by atoms with Gasteiger partial charge in [-0.25, -0.2) is 19.9 Å². The molecule has 0 aliphatic heterocycles. The number of nitrogens with zero attached hydrogens (tertiary/aromatic N) is 5. The van der Waals surface area contributed by atoms with Crippen molar-refractivity contribution in [3.8, 4) is 61.5 Å². The molecule has 6 heteroatoms. The van der Waals surface area contributed by atoms with Crippen LogP contribution in [0.15, 0.2) is 164 Å². The van der Waals surface area contributed by atoms with Gasteiger partial charge in [-0.1, -0.05) is 123 Å². The maximum Gasteiger partial charge on any atom is 0.164 e. The van der Waals surface area contributed by atoms with E-state index in [1.165, 1.54) is 37.7 Å². The highest BCUT2D eigenvalue weighted by molar-refractivity contribution is 7.21. The van der Waals surface area contributed by atoms with Crippen LogP contribution < -0.4 is 0 Å². The molecule has 55 heavy (non-hydrogen) atoms. The Balaban J connectivity index is 1.03. The van der Waals surface area contributed by atoms with E-state index < -0.39 is 0 Å². The molecule has 260 valence electrons. The van der Waals surface area contributed by atoms with Gasteiger partial charge in [0.1, 0.15) is 5.01 Å². The van der Waals surface area contributed by atoms with Crippen molar-refractivity contribution in [3.05, 3.63) is 175 Å². The molecule has 11 rings (SSSR count). The van der Waals surface area contributed by atoms with Gasteiger partial charge in [-0.05, 0) is 76.9 Å². The number of hydrogen-bond donors (Lipinski definition) is 0. The van der Waals surface area contributed by atoms with Crippen molar-refractivity contribution < 1.29 is 0 Å². The van der Waals surface area contributed by atoms with E-state index in [2.05, 4.69) is 158 Å². The Hall–Kier alpha value is -6.76. The summed E-state index contributed by atoms with van der Waals surface area (Å²) in [6.45, 7) is 4.60. The van der Waals surface area contributed by atoms with Crippen LogP contribution in [0.3, 0.4) is 0 Å². The lowest BCUT2D eigenvalue weighted by Crippen LogP contribution is -2.14. The van der Waals surface area contributed by atoms with Crippen molar-refractivity contribution in [2.45, 2.75) is 19.3 Å². The average Bonchev–Trinajstić information content (AvgIpc) is 3.89. The van der Waals surface area contributed by atoms with E-state index in [9.17, 15) is 0 Å². The minimum absolute atomic E-state index is 0.0703. The molecule has 5 nitrogen and oxygen atoms in total. The fraction of sp³-hybridized carbons (Fsp3) is 0.0612. The van der Waals surface area contributed by atoms with Crippen molar-refractivity contribution in [3.63, 3.8) is 0 Å². The van der Waals surface area contributed by atoms with Gasteiger partial charge in [0, 0.05) is 44.1 Å². The highest BCUT2D eigenvalue weighted by atomic mass is 32.1. The fourth-order valence-corrected chi connectivity index (χ4v) is 9.31. The number of thiazole rings is 1. The summed E-state index contributed by atoms with van der Waals surface area (Å²) in [5.74, 6) is 1.94. The molecule has 3 aromatic heterocycles. The number of para-hydroxylation sites is 2. The normalized spacial score (nSPS) is 13.1. The van der Waals surface area contributed by atoms with Crippen LogP contribution in [0.1, 0.15) is 25.0 Å². The summed E-state index contributed by atoms with van der Waals surface area (Å²) in [5, 5.41) is 3.44. The minimum Gasteiger partial charge on any atom is -0.309 e. The number of fused-ring (bicyclic) bond motifs is 7. The van der Waals surface area contributed by atoms with Crippen LogP contribution in [-0.2, 0) is 5.41 Å². The molecule has 0 saturated carbocycles. The summed E-state index contributed by atoms with van der Waals surface area (Å²) in [4.78, 5) is 20.2. The van der Waals surface area contributed by atoms with Crippen molar-refractivity contribution in [2.24, 2.45) is 0 Å². The first-order valence-electron chi connectivity index (χ1n) is 18.6. The number of benzene rings is 7. The lowest BCUT2D eigenvalue weighted by molar-refractivity contribution is 0.660. The van der Waals surface area contributed by atoms with Gasteiger partial charge in [-0.15, -0.1) is 11.3 Å². The highest BCUT2D eigenvalue weighted by Gasteiger charge is 2.35. The monoisotopic (exact) mass is 723 g/mol. The summed E-state index contributed by atoms with van der Waals surface area (Å²) in [7, 11) is 0. The van der Waals surface area contributed by atoms with Crippen LogP contribution >= 0.6 is 11.3 Å². The maximum absolute atomic E-state index is 5.14. The quantitative estimate of drug-likeness (QED) is 0.177. The maximum atomic E-state index is 5.14. The first-order chi connectivity index (χ1) is 27.0. The molecule has 0 atom stereocenters. The van der Waals surface area contributed by atoms with E-state index in [1.54, 1.807) is 11.3 Å². The zero-order chi connectivity index (χ0) is 36.7. The van der Waals surface area contributed by atoms with Crippen molar-refractivity contribution in [2.75, 3.05) is 0 Å². The second-order valence-electron chi connectivity index (χ2n) is 14.7. The SMILES string of the molecule is CC1(C)c2ccccc2-c2cc(-c3nc(-c4ccccc4)nc(-c4ccc(-n5c6ccccc6c6ccc(-c7nc8ccccc8s7)cc65)cc4)n3)ccc21. The van der Waals surface area contributed by atoms with Crippen LogP contribution in [-0.4, -0.2) is 24.5 Å². The second kappa shape index (κ2) is 12.1.